The summed E-state index contributed by atoms with van der Waals surface area (Å²) in [6.07, 6.45) is -7.39. The van der Waals surface area contributed by atoms with Crippen LogP contribution in [0.2, 0.25) is 0 Å². The van der Waals surface area contributed by atoms with Gasteiger partial charge in [0.15, 0.2) is 5.78 Å². The molecule has 0 bridgehead atoms. The Balaban J connectivity index is 2.48. The molecule has 0 amide bonds. The molecular formula is C15H15N3O3. The van der Waals surface area contributed by atoms with Crippen molar-refractivity contribution in [2.75, 3.05) is 5.73 Å². The van der Waals surface area contributed by atoms with Crippen LogP contribution in [0.1, 0.15) is 42.0 Å². The van der Waals surface area contributed by atoms with E-state index in [1.54, 1.807) is 0 Å². The number of fused-ring (bicyclic) bond motifs is 1. The number of hydrogen-bond donors (Lipinski definition) is 1. The number of Topliss-reactive ketones (excluding diaryl/α,β-unsaturated/α-hetero) is 2. The minimum atomic E-state index is -3.23. The zero-order valence-electron chi connectivity index (χ0n) is 18.6. The number of anilines is 1. The highest BCUT2D eigenvalue weighted by atomic mass is 16.2. The lowest BCUT2D eigenvalue weighted by Gasteiger charge is -2.24. The summed E-state index contributed by atoms with van der Waals surface area (Å²) in [5.41, 5.74) is 4.13. The summed E-state index contributed by atoms with van der Waals surface area (Å²) in [6, 6.07) is -0.204. The van der Waals surface area contributed by atoms with Gasteiger partial charge in [-0.3, -0.25) is 19.0 Å². The predicted molar refractivity (Wildman–Crippen MR) is 78.1 cm³/mol. The first-order valence-corrected chi connectivity index (χ1v) is 5.99. The Labute approximate surface area is 131 Å². The number of carbonyl (C=O) groups is 2. The number of nitrogens with zero attached hydrogens (tertiary/aromatic N) is 2. The largest absolute Gasteiger partial charge is 0.398 e. The van der Waals surface area contributed by atoms with Crippen LogP contribution in [0.25, 0.3) is 10.9 Å². The second-order valence-electron chi connectivity index (χ2n) is 4.52. The van der Waals surface area contributed by atoms with Gasteiger partial charge in [-0.25, -0.2) is 4.98 Å². The molecule has 1 saturated carbocycles. The van der Waals surface area contributed by atoms with Gasteiger partial charge in [-0.05, 0) is 25.4 Å². The fourth-order valence-electron chi connectivity index (χ4n) is 2.18. The van der Waals surface area contributed by atoms with Gasteiger partial charge in [0.2, 0.25) is 0 Å². The van der Waals surface area contributed by atoms with E-state index >= 15 is 0 Å². The molecule has 1 atom stereocenters. The summed E-state index contributed by atoms with van der Waals surface area (Å²) in [5.74, 6) is -3.42. The van der Waals surface area contributed by atoms with Crippen molar-refractivity contribution in [3.8, 4) is 0 Å². The molecule has 1 aliphatic carbocycles. The molecule has 2 N–H and O–H groups in total. The van der Waals surface area contributed by atoms with E-state index in [0.717, 1.165) is 12.1 Å². The topological polar surface area (TPSA) is 95.0 Å². The normalized spacial score (nSPS) is 30.2. The zero-order valence-corrected chi connectivity index (χ0v) is 10.6. The van der Waals surface area contributed by atoms with Crippen LogP contribution in [-0.2, 0) is 9.59 Å². The van der Waals surface area contributed by atoms with Gasteiger partial charge in [-0.2, -0.15) is 0 Å². The van der Waals surface area contributed by atoms with E-state index in [1.807, 2.05) is 0 Å². The summed E-state index contributed by atoms with van der Waals surface area (Å²) < 4.78 is 62.8. The second kappa shape index (κ2) is 4.80. The third kappa shape index (κ3) is 2.12. The van der Waals surface area contributed by atoms with Crippen LogP contribution in [0.15, 0.2) is 23.0 Å². The summed E-state index contributed by atoms with van der Waals surface area (Å²) in [7, 11) is 0. The zero-order chi connectivity index (χ0) is 22.1. The molecule has 1 fully saturated rings. The fraction of sp³-hybridized carbons (Fsp3) is 0.333. The molecule has 1 aromatic heterocycles. The van der Waals surface area contributed by atoms with Crippen LogP contribution in [-0.4, -0.2) is 21.1 Å². The molecule has 0 radical (unpaired) electrons. The number of rotatable bonds is 1. The fourth-order valence-corrected chi connectivity index (χ4v) is 2.18. The Hall–Kier alpha value is -2.50. The number of aromatic nitrogens is 2. The standard InChI is InChI=1S/C15H15N3O3/c1-8-17-11-4-2-3-10(16)14(11)15(21)18(8)12-6-5-9(19)7-13(12)20/h2-4,12H,5-7,16H2,1H3/i1D3,2D,5D2,6D2. The van der Waals surface area contributed by atoms with E-state index < -0.39 is 55.0 Å². The third-order valence-corrected chi connectivity index (χ3v) is 3.14. The monoisotopic (exact) mass is 293 g/mol. The summed E-state index contributed by atoms with van der Waals surface area (Å²) in [6.45, 7) is -3.09. The SMILES string of the molecule is [2H]c1cc(N)c2c(=O)n(C3C(=O)CC(=O)C([2H])([2H])C3([2H])[2H])c(C([2H])([2H])[2H])nc2c1. The Morgan fingerprint density at radius 1 is 1.48 bits per heavy atom. The molecule has 6 heteroatoms. The van der Waals surface area contributed by atoms with E-state index in [1.165, 1.54) is 0 Å². The van der Waals surface area contributed by atoms with E-state index in [4.69, 9.17) is 16.7 Å². The maximum Gasteiger partial charge on any atom is 0.264 e. The van der Waals surface area contributed by atoms with Gasteiger partial charge in [0, 0.05) is 21.7 Å². The average molecular weight is 293 g/mol. The van der Waals surface area contributed by atoms with Crippen molar-refractivity contribution in [2.45, 2.75) is 32.1 Å². The molecule has 108 valence electrons. The number of ketones is 2. The van der Waals surface area contributed by atoms with Gasteiger partial charge in [-0.1, -0.05) is 6.04 Å². The van der Waals surface area contributed by atoms with Crippen molar-refractivity contribution in [2.24, 2.45) is 0 Å². The lowest BCUT2D eigenvalue weighted by Crippen LogP contribution is -2.36. The quantitative estimate of drug-likeness (QED) is 0.628. The van der Waals surface area contributed by atoms with E-state index in [2.05, 4.69) is 4.98 Å². The smallest absolute Gasteiger partial charge is 0.264 e. The number of carbonyl (C=O) groups excluding carboxylic acids is 2. The number of aryl methyl sites for hydroxylation is 1. The van der Waals surface area contributed by atoms with Crippen LogP contribution in [0.4, 0.5) is 5.69 Å². The van der Waals surface area contributed by atoms with Crippen LogP contribution >= 0.6 is 0 Å². The molecule has 0 spiro atoms. The molecule has 0 aliphatic heterocycles. The Bertz CT molecular complexity index is 1120. The van der Waals surface area contributed by atoms with Gasteiger partial charge in [-0.15, -0.1) is 0 Å². The first kappa shape index (κ1) is 6.98. The summed E-state index contributed by atoms with van der Waals surface area (Å²) in [5, 5.41) is -0.338. The Kier molecular flexibility index (Phi) is 1.59. The number of nitrogens with two attached hydrogens (primary N) is 1. The second-order valence-corrected chi connectivity index (χ2v) is 4.52. The van der Waals surface area contributed by atoms with Gasteiger partial charge < -0.3 is 5.73 Å². The molecule has 3 rings (SSSR count). The maximum atomic E-state index is 13.2. The molecule has 1 unspecified atom stereocenters. The van der Waals surface area contributed by atoms with Gasteiger partial charge in [0.1, 0.15) is 11.6 Å². The first-order chi connectivity index (χ1) is 13.1. The molecular weight excluding hydrogens is 270 g/mol. The summed E-state index contributed by atoms with van der Waals surface area (Å²) in [4.78, 5) is 41.5. The predicted octanol–water partition coefficient (Wildman–Crippen LogP) is 1.15. The number of benzene rings is 1. The van der Waals surface area contributed by atoms with Gasteiger partial charge in [0.05, 0.1) is 24.7 Å². The van der Waals surface area contributed by atoms with Crippen molar-refractivity contribution in [1.82, 2.24) is 9.55 Å². The van der Waals surface area contributed by atoms with Crippen molar-refractivity contribution < 1.29 is 20.6 Å². The van der Waals surface area contributed by atoms with E-state index in [9.17, 15) is 14.4 Å². The van der Waals surface area contributed by atoms with E-state index in [0.29, 0.717) is 0 Å². The van der Waals surface area contributed by atoms with Crippen LogP contribution in [0.5, 0.6) is 0 Å². The molecule has 0 saturated heterocycles. The lowest BCUT2D eigenvalue weighted by molar-refractivity contribution is -0.132. The highest BCUT2D eigenvalue weighted by Gasteiger charge is 2.30. The van der Waals surface area contributed by atoms with Gasteiger partial charge >= 0.3 is 0 Å². The molecule has 1 aromatic carbocycles. The van der Waals surface area contributed by atoms with Crippen molar-refractivity contribution in [1.29, 1.82) is 0 Å². The average Bonchev–Trinajstić information content (AvgIpc) is 2.53. The highest BCUT2D eigenvalue weighted by molar-refractivity contribution is 6.03. The first-order valence-electron chi connectivity index (χ1n) is 9.99. The van der Waals surface area contributed by atoms with Crippen molar-refractivity contribution in [3.05, 3.63) is 34.4 Å². The number of hydrogen-bond acceptors (Lipinski definition) is 5. The van der Waals surface area contributed by atoms with Crippen LogP contribution in [0, 0.1) is 6.85 Å². The molecule has 2 aromatic rings. The molecule has 1 heterocycles. The van der Waals surface area contributed by atoms with E-state index in [-0.39, 0.29) is 27.2 Å². The Morgan fingerprint density at radius 2 is 2.29 bits per heavy atom. The molecule has 21 heavy (non-hydrogen) atoms. The number of nitrogen functional groups attached to an aromatic ring is 1. The van der Waals surface area contributed by atoms with Crippen LogP contribution < -0.4 is 11.3 Å². The summed E-state index contributed by atoms with van der Waals surface area (Å²) >= 11 is 0. The Morgan fingerprint density at radius 3 is 3.05 bits per heavy atom. The minimum Gasteiger partial charge on any atom is -0.398 e. The molecule has 1 aliphatic rings. The lowest BCUT2D eigenvalue weighted by atomic mass is 9.92. The van der Waals surface area contributed by atoms with Crippen molar-refractivity contribution >= 4 is 28.2 Å². The highest BCUT2D eigenvalue weighted by Crippen LogP contribution is 2.24. The minimum absolute atomic E-state index is 0.151. The van der Waals surface area contributed by atoms with Gasteiger partial charge in [0.25, 0.3) is 5.56 Å². The van der Waals surface area contributed by atoms with Crippen molar-refractivity contribution in [3.63, 3.8) is 0 Å². The third-order valence-electron chi connectivity index (χ3n) is 3.14. The molecule has 6 nitrogen and oxygen atoms in total. The van der Waals surface area contributed by atoms with Crippen LogP contribution in [0.3, 0.4) is 0 Å². The maximum absolute atomic E-state index is 13.2.